The summed E-state index contributed by atoms with van der Waals surface area (Å²) in [6, 6.07) is -0.750. The van der Waals surface area contributed by atoms with Crippen LogP contribution >= 0.6 is 0 Å². The third-order valence-corrected chi connectivity index (χ3v) is 5.29. The molecule has 2 rings (SSSR count). The van der Waals surface area contributed by atoms with Crippen molar-refractivity contribution >= 4 is 12.2 Å². The van der Waals surface area contributed by atoms with Crippen molar-refractivity contribution in [1.29, 1.82) is 0 Å². The quantitative estimate of drug-likeness (QED) is 0.305. The first-order valence-electron chi connectivity index (χ1n) is 8.96. The van der Waals surface area contributed by atoms with Gasteiger partial charge in [0.1, 0.15) is 36.8 Å². The summed E-state index contributed by atoms with van der Waals surface area (Å²) in [5.41, 5.74) is 0. The minimum atomic E-state index is -1.36. The number of nitrogens with one attached hydrogen (secondary N) is 1. The zero-order chi connectivity index (χ0) is 20.3. The molecule has 10 heteroatoms. The average Bonchev–Trinajstić information content (AvgIpc) is 2.63. The molecule has 4 unspecified atom stereocenters. The van der Waals surface area contributed by atoms with Crippen LogP contribution in [0.1, 0.15) is 20.3 Å². The summed E-state index contributed by atoms with van der Waals surface area (Å²) in [5, 5.41) is 43.3. The molecule has 0 spiro atoms. The van der Waals surface area contributed by atoms with Crippen LogP contribution in [0.3, 0.4) is 0 Å². The minimum absolute atomic E-state index is 0.0648. The number of amides is 1. The van der Waals surface area contributed by atoms with Crippen molar-refractivity contribution in [2.24, 2.45) is 5.92 Å². The predicted molar refractivity (Wildman–Crippen MR) is 90.7 cm³/mol. The van der Waals surface area contributed by atoms with E-state index in [2.05, 4.69) is 5.32 Å². The van der Waals surface area contributed by atoms with Crippen molar-refractivity contribution in [3.8, 4) is 0 Å². The molecule has 0 aromatic rings. The summed E-state index contributed by atoms with van der Waals surface area (Å²) >= 11 is 0. The predicted octanol–water partition coefficient (Wildman–Crippen LogP) is -2.66. The number of aliphatic hydroxyl groups is 4. The van der Waals surface area contributed by atoms with E-state index in [1.54, 1.807) is 6.92 Å². The second-order valence-electron chi connectivity index (χ2n) is 7.14. The first-order chi connectivity index (χ1) is 12.7. The molecule has 1 aliphatic carbocycles. The Morgan fingerprint density at radius 1 is 1.22 bits per heavy atom. The topological polar surface area (TPSA) is 155 Å². The first-order valence-corrected chi connectivity index (χ1v) is 8.96. The van der Waals surface area contributed by atoms with Crippen LogP contribution < -0.4 is 5.32 Å². The number of ether oxygens (including phenoxy) is 3. The Hall–Kier alpha value is -1.14. The van der Waals surface area contributed by atoms with Crippen LogP contribution in [0.15, 0.2) is 0 Å². The van der Waals surface area contributed by atoms with E-state index in [1.165, 1.54) is 14.0 Å². The fourth-order valence-corrected chi connectivity index (χ4v) is 3.88. The van der Waals surface area contributed by atoms with E-state index in [0.29, 0.717) is 6.29 Å². The van der Waals surface area contributed by atoms with Crippen LogP contribution in [0, 0.1) is 5.92 Å². The van der Waals surface area contributed by atoms with Crippen LogP contribution in [-0.2, 0) is 23.8 Å². The van der Waals surface area contributed by atoms with Crippen LogP contribution in [0.5, 0.6) is 0 Å². The van der Waals surface area contributed by atoms with Gasteiger partial charge in [-0.15, -0.1) is 0 Å². The summed E-state index contributed by atoms with van der Waals surface area (Å²) in [4.78, 5) is 22.9. The highest BCUT2D eigenvalue weighted by molar-refractivity contribution is 5.73. The van der Waals surface area contributed by atoms with Gasteiger partial charge in [-0.3, -0.25) is 4.79 Å². The van der Waals surface area contributed by atoms with E-state index >= 15 is 0 Å². The first kappa shape index (κ1) is 22.2. The summed E-state index contributed by atoms with van der Waals surface area (Å²) in [6.07, 6.45) is -7.70. The number of carbonyl (C=O) groups excluding carboxylic acids is 2. The Labute approximate surface area is 157 Å². The van der Waals surface area contributed by atoms with Crippen molar-refractivity contribution in [3.05, 3.63) is 0 Å². The fraction of sp³-hybridized carbons (Fsp3) is 0.882. The number of carbonyl (C=O) groups is 2. The summed E-state index contributed by atoms with van der Waals surface area (Å²) in [6.45, 7) is 2.50. The lowest BCUT2D eigenvalue weighted by Crippen LogP contribution is -2.66. The second-order valence-corrected chi connectivity index (χ2v) is 7.14. The molecule has 1 saturated carbocycles. The lowest BCUT2D eigenvalue weighted by atomic mass is 9.81. The molecular weight excluding hydrogens is 362 g/mol. The molecule has 156 valence electrons. The summed E-state index contributed by atoms with van der Waals surface area (Å²) in [7, 11) is 1.33. The Bertz CT molecular complexity index is 519. The van der Waals surface area contributed by atoms with Crippen molar-refractivity contribution in [1.82, 2.24) is 5.32 Å². The molecule has 27 heavy (non-hydrogen) atoms. The lowest BCUT2D eigenvalue weighted by Gasteiger charge is -2.47. The molecule has 1 aliphatic heterocycles. The highest BCUT2D eigenvalue weighted by Gasteiger charge is 2.50. The van der Waals surface area contributed by atoms with Crippen LogP contribution in [-0.4, -0.2) is 101 Å². The van der Waals surface area contributed by atoms with Crippen molar-refractivity contribution < 1.29 is 44.2 Å². The maximum Gasteiger partial charge on any atom is 0.217 e. The van der Waals surface area contributed by atoms with E-state index in [4.69, 9.17) is 14.2 Å². The van der Waals surface area contributed by atoms with Crippen molar-refractivity contribution in [2.45, 2.75) is 75.1 Å². The zero-order valence-electron chi connectivity index (χ0n) is 15.6. The average molecular weight is 391 g/mol. The number of aldehydes is 1. The van der Waals surface area contributed by atoms with Gasteiger partial charge in [-0.2, -0.15) is 0 Å². The Morgan fingerprint density at radius 3 is 2.41 bits per heavy atom. The number of hydrogen-bond donors (Lipinski definition) is 5. The summed E-state index contributed by atoms with van der Waals surface area (Å²) < 4.78 is 16.5. The van der Waals surface area contributed by atoms with Gasteiger partial charge in [-0.05, 0) is 13.3 Å². The van der Waals surface area contributed by atoms with Crippen LogP contribution in [0.4, 0.5) is 0 Å². The van der Waals surface area contributed by atoms with Gasteiger partial charge in [0.05, 0.1) is 31.0 Å². The lowest BCUT2D eigenvalue weighted by molar-refractivity contribution is -0.244. The monoisotopic (exact) mass is 391 g/mol. The van der Waals surface area contributed by atoms with E-state index in [-0.39, 0.29) is 12.3 Å². The maximum atomic E-state index is 11.5. The fourth-order valence-electron chi connectivity index (χ4n) is 3.88. The Balaban J connectivity index is 2.23. The molecule has 1 amide bonds. The molecule has 1 saturated heterocycles. The van der Waals surface area contributed by atoms with Gasteiger partial charge in [0, 0.05) is 20.0 Å². The minimum Gasteiger partial charge on any atom is -0.394 e. The standard InChI is InChI=1S/C17H29NO9/c1-7-12(18-8(2)21)17(14(23)11(6-20)26-7)27-10-4-9(5-19)16(25-3)15(24)13(10)22/h5,7,9-17,20,22-24H,4,6H2,1-3H3,(H,18,21)/t7-,9+,10-,11?,12?,13?,14-,15?,16+,17+/m0/s1. The Kier molecular flexibility index (Phi) is 7.69. The van der Waals surface area contributed by atoms with E-state index in [9.17, 15) is 30.0 Å². The molecule has 0 radical (unpaired) electrons. The molecule has 10 nitrogen and oxygen atoms in total. The smallest absolute Gasteiger partial charge is 0.217 e. The van der Waals surface area contributed by atoms with Gasteiger partial charge in [0.15, 0.2) is 0 Å². The second kappa shape index (κ2) is 9.37. The highest BCUT2D eigenvalue weighted by atomic mass is 16.6. The van der Waals surface area contributed by atoms with Gasteiger partial charge in [-0.25, -0.2) is 0 Å². The van der Waals surface area contributed by atoms with Gasteiger partial charge in [0.25, 0.3) is 0 Å². The SMILES string of the molecule is CO[C@H]1C(O)C(O)[C@@H](O[C@@H]2C(NC(C)=O)[C@H](C)OC(CO)[C@@H]2O)C[C@@H]1C=O. The maximum absolute atomic E-state index is 11.5. The zero-order valence-corrected chi connectivity index (χ0v) is 15.6. The molecule has 0 aromatic heterocycles. The number of methoxy groups -OCH3 is 1. The third kappa shape index (κ3) is 4.65. The van der Waals surface area contributed by atoms with Gasteiger partial charge in [-0.1, -0.05) is 0 Å². The third-order valence-electron chi connectivity index (χ3n) is 5.29. The Morgan fingerprint density at radius 2 is 1.89 bits per heavy atom. The number of rotatable bonds is 6. The van der Waals surface area contributed by atoms with Gasteiger partial charge >= 0.3 is 0 Å². The molecule has 0 aromatic carbocycles. The van der Waals surface area contributed by atoms with E-state index < -0.39 is 67.4 Å². The molecule has 5 N–H and O–H groups in total. The van der Waals surface area contributed by atoms with E-state index in [0.717, 1.165) is 0 Å². The van der Waals surface area contributed by atoms with Crippen LogP contribution in [0.2, 0.25) is 0 Å². The van der Waals surface area contributed by atoms with Gasteiger partial charge in [0.2, 0.25) is 5.91 Å². The van der Waals surface area contributed by atoms with Crippen molar-refractivity contribution in [2.75, 3.05) is 13.7 Å². The van der Waals surface area contributed by atoms with Crippen molar-refractivity contribution in [3.63, 3.8) is 0 Å². The molecule has 2 fully saturated rings. The van der Waals surface area contributed by atoms with Crippen LogP contribution in [0.25, 0.3) is 0 Å². The summed E-state index contributed by atoms with van der Waals surface area (Å²) in [5.74, 6) is -1.08. The normalized spacial score (nSPS) is 45.3. The molecule has 0 bridgehead atoms. The number of aliphatic hydroxyl groups excluding tert-OH is 4. The largest absolute Gasteiger partial charge is 0.394 e. The van der Waals surface area contributed by atoms with Gasteiger partial charge < -0.3 is 44.7 Å². The molecular formula is C17H29NO9. The molecule has 10 atom stereocenters. The highest BCUT2D eigenvalue weighted by Crippen LogP contribution is 2.32. The molecule has 1 heterocycles. The van der Waals surface area contributed by atoms with E-state index in [1.807, 2.05) is 0 Å². The number of hydrogen-bond acceptors (Lipinski definition) is 9. The molecule has 2 aliphatic rings.